The number of nitrogen functional groups attached to an aromatic ring is 1. The van der Waals surface area contributed by atoms with Crippen LogP contribution in [0.3, 0.4) is 0 Å². The van der Waals surface area contributed by atoms with Crippen LogP contribution in [0.2, 0.25) is 0 Å². The maximum Gasteiger partial charge on any atom is 0.0962 e. The molecule has 1 unspecified atom stereocenters. The van der Waals surface area contributed by atoms with Gasteiger partial charge in [0.1, 0.15) is 0 Å². The van der Waals surface area contributed by atoms with E-state index in [0.717, 1.165) is 17.4 Å². The number of nitrogens with two attached hydrogens (primary N) is 1. The summed E-state index contributed by atoms with van der Waals surface area (Å²) in [5.41, 5.74) is 6.29. The number of nitrogens with zero attached hydrogens (tertiary/aromatic N) is 1. The molecule has 2 N–H and O–H groups in total. The predicted octanol–water partition coefficient (Wildman–Crippen LogP) is 2.33. The summed E-state index contributed by atoms with van der Waals surface area (Å²) in [4.78, 5) is 4.25. The number of aromatic nitrogens is 1. The Hall–Kier alpha value is -0.740. The monoisotopic (exact) mass is 224 g/mol. The van der Waals surface area contributed by atoms with Gasteiger partial charge in [0.2, 0.25) is 0 Å². The van der Waals surface area contributed by atoms with Crippen molar-refractivity contribution in [2.45, 2.75) is 30.4 Å². The number of hydrogen-bond acceptors (Lipinski definition) is 4. The fourth-order valence-electron chi connectivity index (χ4n) is 1.59. The first kappa shape index (κ1) is 10.8. The maximum absolute atomic E-state index is 5.65. The van der Waals surface area contributed by atoms with Gasteiger partial charge in [0.25, 0.3) is 0 Å². The number of thioether (sulfide) groups is 1. The molecule has 15 heavy (non-hydrogen) atoms. The van der Waals surface area contributed by atoms with Crippen molar-refractivity contribution in [1.82, 2.24) is 4.98 Å². The van der Waals surface area contributed by atoms with Gasteiger partial charge >= 0.3 is 0 Å². The van der Waals surface area contributed by atoms with Gasteiger partial charge in [-0.2, -0.15) is 0 Å². The van der Waals surface area contributed by atoms with Crippen molar-refractivity contribution >= 4 is 17.4 Å². The third-order valence-corrected chi connectivity index (χ3v) is 3.53. The van der Waals surface area contributed by atoms with E-state index in [-0.39, 0.29) is 0 Å². The van der Waals surface area contributed by atoms with Crippen LogP contribution in [0.4, 0.5) is 5.69 Å². The highest BCUT2D eigenvalue weighted by atomic mass is 32.2. The molecule has 0 radical (unpaired) electrons. The fourth-order valence-corrected chi connectivity index (χ4v) is 2.51. The highest BCUT2D eigenvalue weighted by molar-refractivity contribution is 7.99. The average molecular weight is 224 g/mol. The first-order valence-corrected chi connectivity index (χ1v) is 6.29. The smallest absolute Gasteiger partial charge is 0.0962 e. The summed E-state index contributed by atoms with van der Waals surface area (Å²) >= 11 is 1.74. The summed E-state index contributed by atoms with van der Waals surface area (Å²) in [5.74, 6) is 0.997. The normalized spacial score (nSPS) is 21.5. The molecule has 1 aliphatic heterocycles. The molecule has 0 saturated carbocycles. The van der Waals surface area contributed by atoms with Crippen molar-refractivity contribution in [3.8, 4) is 0 Å². The lowest BCUT2D eigenvalue weighted by Crippen LogP contribution is -2.21. The largest absolute Gasteiger partial charge is 0.397 e. The van der Waals surface area contributed by atoms with Gasteiger partial charge in [-0.05, 0) is 31.4 Å². The van der Waals surface area contributed by atoms with Crippen LogP contribution in [0.25, 0.3) is 0 Å². The van der Waals surface area contributed by atoms with Crippen LogP contribution in [0.15, 0.2) is 23.4 Å². The van der Waals surface area contributed by atoms with Crippen molar-refractivity contribution < 1.29 is 4.74 Å². The molecule has 1 aromatic heterocycles. The zero-order valence-corrected chi connectivity index (χ0v) is 9.50. The molecule has 1 fully saturated rings. The van der Waals surface area contributed by atoms with E-state index in [4.69, 9.17) is 10.5 Å². The van der Waals surface area contributed by atoms with Crippen molar-refractivity contribution in [2.75, 3.05) is 18.1 Å². The molecule has 0 aliphatic carbocycles. The van der Waals surface area contributed by atoms with Crippen molar-refractivity contribution in [3.05, 3.63) is 18.3 Å². The molecular formula is C11H16N2OS. The van der Waals surface area contributed by atoms with E-state index >= 15 is 0 Å². The number of hydrogen-bond donors (Lipinski definition) is 1. The van der Waals surface area contributed by atoms with Gasteiger partial charge in [-0.15, -0.1) is 11.8 Å². The van der Waals surface area contributed by atoms with E-state index in [0.29, 0.717) is 11.8 Å². The minimum absolute atomic E-state index is 0.406. The standard InChI is InChI=1S/C11H16N2OS/c12-9-4-5-11(13-7-9)15-8-10-3-1-2-6-14-10/h4-5,7,10H,1-3,6,8,12H2. The second kappa shape index (κ2) is 5.37. The summed E-state index contributed by atoms with van der Waals surface area (Å²) < 4.78 is 5.65. The predicted molar refractivity (Wildman–Crippen MR) is 63.0 cm³/mol. The van der Waals surface area contributed by atoms with Gasteiger partial charge in [-0.25, -0.2) is 4.98 Å². The number of anilines is 1. The third kappa shape index (κ3) is 3.39. The minimum atomic E-state index is 0.406. The lowest BCUT2D eigenvalue weighted by molar-refractivity contribution is 0.0315. The average Bonchev–Trinajstić information content (AvgIpc) is 2.30. The Balaban J connectivity index is 1.79. The first-order chi connectivity index (χ1) is 7.34. The summed E-state index contributed by atoms with van der Waals surface area (Å²) in [6, 6.07) is 3.85. The Morgan fingerprint density at radius 1 is 1.47 bits per heavy atom. The van der Waals surface area contributed by atoms with Gasteiger partial charge in [-0.1, -0.05) is 0 Å². The highest BCUT2D eigenvalue weighted by Gasteiger charge is 2.13. The second-order valence-corrected chi connectivity index (χ2v) is 4.77. The second-order valence-electron chi connectivity index (χ2n) is 3.73. The lowest BCUT2D eigenvalue weighted by atomic mass is 10.1. The number of ether oxygens (including phenoxy) is 1. The minimum Gasteiger partial charge on any atom is -0.397 e. The molecule has 1 atom stereocenters. The van der Waals surface area contributed by atoms with Gasteiger partial charge in [0, 0.05) is 12.4 Å². The molecule has 0 spiro atoms. The Morgan fingerprint density at radius 2 is 2.40 bits per heavy atom. The van der Waals surface area contributed by atoms with Gasteiger partial charge in [0.15, 0.2) is 0 Å². The zero-order valence-electron chi connectivity index (χ0n) is 8.69. The maximum atomic E-state index is 5.65. The van der Waals surface area contributed by atoms with E-state index in [1.54, 1.807) is 18.0 Å². The summed E-state index contributed by atoms with van der Waals surface area (Å²) in [7, 11) is 0. The summed E-state index contributed by atoms with van der Waals surface area (Å²) in [5, 5.41) is 1.03. The van der Waals surface area contributed by atoms with Crippen LogP contribution < -0.4 is 5.73 Å². The molecule has 1 saturated heterocycles. The molecule has 1 aliphatic rings. The molecule has 3 nitrogen and oxygen atoms in total. The highest BCUT2D eigenvalue weighted by Crippen LogP contribution is 2.22. The van der Waals surface area contributed by atoms with Crippen molar-refractivity contribution in [2.24, 2.45) is 0 Å². The van der Waals surface area contributed by atoms with Crippen LogP contribution in [0.1, 0.15) is 19.3 Å². The van der Waals surface area contributed by atoms with E-state index in [9.17, 15) is 0 Å². The van der Waals surface area contributed by atoms with Gasteiger partial charge < -0.3 is 10.5 Å². The zero-order chi connectivity index (χ0) is 10.5. The van der Waals surface area contributed by atoms with Crippen LogP contribution in [0.5, 0.6) is 0 Å². The van der Waals surface area contributed by atoms with E-state index < -0.39 is 0 Å². The molecule has 0 amide bonds. The Labute approximate surface area is 94.4 Å². The van der Waals surface area contributed by atoms with Crippen LogP contribution in [-0.4, -0.2) is 23.4 Å². The van der Waals surface area contributed by atoms with Crippen LogP contribution in [-0.2, 0) is 4.74 Å². The fraction of sp³-hybridized carbons (Fsp3) is 0.545. The van der Waals surface area contributed by atoms with Crippen molar-refractivity contribution in [3.63, 3.8) is 0 Å². The van der Waals surface area contributed by atoms with E-state index in [2.05, 4.69) is 4.98 Å². The van der Waals surface area contributed by atoms with Gasteiger partial charge in [0.05, 0.1) is 23.0 Å². The first-order valence-electron chi connectivity index (χ1n) is 5.30. The Kier molecular flexibility index (Phi) is 3.86. The number of rotatable bonds is 3. The van der Waals surface area contributed by atoms with E-state index in [1.165, 1.54) is 19.3 Å². The lowest BCUT2D eigenvalue weighted by Gasteiger charge is -2.21. The Morgan fingerprint density at radius 3 is 3.07 bits per heavy atom. The molecular weight excluding hydrogens is 208 g/mol. The van der Waals surface area contributed by atoms with Crippen LogP contribution >= 0.6 is 11.8 Å². The molecule has 82 valence electrons. The quantitative estimate of drug-likeness (QED) is 0.800. The molecule has 0 bridgehead atoms. The Bertz CT molecular complexity index is 296. The summed E-state index contributed by atoms with van der Waals surface area (Å²) in [6.07, 6.45) is 5.79. The van der Waals surface area contributed by atoms with Crippen molar-refractivity contribution in [1.29, 1.82) is 0 Å². The topological polar surface area (TPSA) is 48.1 Å². The molecule has 2 rings (SSSR count). The molecule has 4 heteroatoms. The SMILES string of the molecule is Nc1ccc(SCC2CCCCO2)nc1. The third-order valence-electron chi connectivity index (χ3n) is 2.45. The molecule has 2 heterocycles. The number of pyridine rings is 1. The van der Waals surface area contributed by atoms with E-state index in [1.807, 2.05) is 12.1 Å². The molecule has 1 aromatic rings. The van der Waals surface area contributed by atoms with Gasteiger partial charge in [-0.3, -0.25) is 0 Å². The molecule has 0 aromatic carbocycles. The van der Waals surface area contributed by atoms with Crippen LogP contribution in [0, 0.1) is 0 Å². The summed E-state index contributed by atoms with van der Waals surface area (Å²) in [6.45, 7) is 0.917.